The van der Waals surface area contributed by atoms with Gasteiger partial charge in [-0.1, -0.05) is 57.0 Å². The minimum atomic E-state index is -1.84. The van der Waals surface area contributed by atoms with Gasteiger partial charge in [-0.15, -0.1) is 6.42 Å². The van der Waals surface area contributed by atoms with E-state index in [1.165, 1.54) is 0 Å². The summed E-state index contributed by atoms with van der Waals surface area (Å²) >= 11 is 0. The number of ketones is 1. The summed E-state index contributed by atoms with van der Waals surface area (Å²) in [6.07, 6.45) is 4.92. The van der Waals surface area contributed by atoms with E-state index in [1.807, 2.05) is 30.3 Å². The van der Waals surface area contributed by atoms with Crippen molar-refractivity contribution in [3.63, 3.8) is 0 Å². The van der Waals surface area contributed by atoms with E-state index in [9.17, 15) is 4.79 Å². The van der Waals surface area contributed by atoms with Gasteiger partial charge in [-0.2, -0.15) is 0 Å². The highest BCUT2D eigenvalue weighted by Gasteiger charge is 2.34. The Bertz CT molecular complexity index is 449. The molecule has 0 radical (unpaired) electrons. The first-order valence-electron chi connectivity index (χ1n) is 7.31. The molecule has 0 aliphatic rings. The van der Waals surface area contributed by atoms with Crippen molar-refractivity contribution < 1.29 is 9.22 Å². The molecule has 1 rings (SSSR count). The van der Waals surface area contributed by atoms with Crippen molar-refractivity contribution in [1.29, 1.82) is 0 Å². The standard InChI is InChI=1S/C17H24O2Si/c1-5-12-16(18)17(15-13-10-9-11-14-15)19-20(6-2,7-3)8-4/h1,9-11,13-14,17H,6-8,12H2,2-4H3. The van der Waals surface area contributed by atoms with Crippen molar-refractivity contribution in [2.45, 2.75) is 51.4 Å². The van der Waals surface area contributed by atoms with E-state index in [2.05, 4.69) is 26.7 Å². The van der Waals surface area contributed by atoms with Crippen LogP contribution in [0.15, 0.2) is 30.3 Å². The molecule has 108 valence electrons. The molecule has 0 saturated heterocycles. The number of benzene rings is 1. The van der Waals surface area contributed by atoms with E-state index in [4.69, 9.17) is 10.8 Å². The average molecular weight is 288 g/mol. The highest BCUT2D eigenvalue weighted by molar-refractivity contribution is 6.73. The fraction of sp³-hybridized carbons (Fsp3) is 0.471. The molecule has 0 N–H and O–H groups in total. The van der Waals surface area contributed by atoms with Crippen molar-refractivity contribution in [2.75, 3.05) is 0 Å². The Morgan fingerprint density at radius 3 is 2.20 bits per heavy atom. The smallest absolute Gasteiger partial charge is 0.193 e. The summed E-state index contributed by atoms with van der Waals surface area (Å²) in [5, 5.41) is 0. The number of rotatable bonds is 8. The number of Topliss-reactive ketones (excluding diaryl/α,β-unsaturated/α-hetero) is 1. The maximum Gasteiger partial charge on any atom is 0.193 e. The number of carbonyl (C=O) groups excluding carboxylic acids is 1. The fourth-order valence-electron chi connectivity index (χ4n) is 2.39. The third-order valence-electron chi connectivity index (χ3n) is 3.97. The van der Waals surface area contributed by atoms with Gasteiger partial charge in [-0.05, 0) is 23.7 Å². The summed E-state index contributed by atoms with van der Waals surface area (Å²) in [6.45, 7) is 6.48. The van der Waals surface area contributed by atoms with Gasteiger partial charge in [0.2, 0.25) is 0 Å². The summed E-state index contributed by atoms with van der Waals surface area (Å²) in [4.78, 5) is 12.3. The van der Waals surface area contributed by atoms with E-state index >= 15 is 0 Å². The Kier molecular flexibility index (Phi) is 6.70. The molecule has 0 aliphatic heterocycles. The molecule has 20 heavy (non-hydrogen) atoms. The first-order chi connectivity index (χ1) is 9.62. The number of hydrogen-bond donors (Lipinski definition) is 0. The highest BCUT2D eigenvalue weighted by atomic mass is 28.4. The first kappa shape index (κ1) is 16.7. The van der Waals surface area contributed by atoms with Crippen LogP contribution in [0.25, 0.3) is 0 Å². The van der Waals surface area contributed by atoms with E-state index in [0.29, 0.717) is 0 Å². The Hall–Kier alpha value is -1.37. The second kappa shape index (κ2) is 8.03. The van der Waals surface area contributed by atoms with Crippen LogP contribution in [0, 0.1) is 12.3 Å². The summed E-state index contributed by atoms with van der Waals surface area (Å²) in [5.74, 6) is 2.44. The summed E-state index contributed by atoms with van der Waals surface area (Å²) in [6, 6.07) is 12.8. The number of carbonyl (C=O) groups is 1. The molecule has 1 unspecified atom stereocenters. The molecule has 3 heteroatoms. The lowest BCUT2D eigenvalue weighted by atomic mass is 10.0. The van der Waals surface area contributed by atoms with Gasteiger partial charge in [-0.3, -0.25) is 4.79 Å². The Labute approximate surface area is 123 Å². The molecule has 0 fully saturated rings. The van der Waals surface area contributed by atoms with Gasteiger partial charge < -0.3 is 4.43 Å². The summed E-state index contributed by atoms with van der Waals surface area (Å²) in [5.41, 5.74) is 0.917. The van der Waals surface area contributed by atoms with Crippen molar-refractivity contribution in [2.24, 2.45) is 0 Å². The van der Waals surface area contributed by atoms with Gasteiger partial charge in [0.05, 0.1) is 6.42 Å². The van der Waals surface area contributed by atoms with E-state index in [-0.39, 0.29) is 12.2 Å². The fourth-order valence-corrected chi connectivity index (χ4v) is 5.16. The van der Waals surface area contributed by atoms with Crippen LogP contribution in [0.5, 0.6) is 0 Å². The molecule has 0 amide bonds. The minimum Gasteiger partial charge on any atom is -0.403 e. The molecule has 0 bridgehead atoms. The second-order valence-electron chi connectivity index (χ2n) is 5.00. The van der Waals surface area contributed by atoms with Gasteiger partial charge in [0.25, 0.3) is 0 Å². The SMILES string of the molecule is C#CCC(=O)C(O[Si](CC)(CC)CC)c1ccccc1. The monoisotopic (exact) mass is 288 g/mol. The quantitative estimate of drug-likeness (QED) is 0.525. The molecule has 1 aromatic rings. The van der Waals surface area contributed by atoms with Crippen molar-refractivity contribution >= 4 is 14.1 Å². The van der Waals surface area contributed by atoms with Crippen LogP contribution in [0.4, 0.5) is 0 Å². The van der Waals surface area contributed by atoms with Crippen LogP contribution in [-0.4, -0.2) is 14.1 Å². The summed E-state index contributed by atoms with van der Waals surface area (Å²) in [7, 11) is -1.84. The van der Waals surface area contributed by atoms with E-state index in [0.717, 1.165) is 23.7 Å². The van der Waals surface area contributed by atoms with Crippen LogP contribution < -0.4 is 0 Å². The predicted molar refractivity (Wildman–Crippen MR) is 85.9 cm³/mol. The van der Waals surface area contributed by atoms with Gasteiger partial charge in [0.1, 0.15) is 6.10 Å². The van der Waals surface area contributed by atoms with Crippen molar-refractivity contribution in [3.8, 4) is 12.3 Å². The third kappa shape index (κ3) is 4.06. The zero-order valence-electron chi connectivity index (χ0n) is 12.7. The summed E-state index contributed by atoms with van der Waals surface area (Å²) < 4.78 is 6.38. The predicted octanol–water partition coefficient (Wildman–Crippen LogP) is 4.34. The van der Waals surface area contributed by atoms with Gasteiger partial charge in [-0.25, -0.2) is 0 Å². The molecule has 2 nitrogen and oxygen atoms in total. The molecule has 1 aromatic carbocycles. The zero-order chi connectivity index (χ0) is 15.0. The number of terminal acetylenes is 1. The molecule has 0 heterocycles. The lowest BCUT2D eigenvalue weighted by Crippen LogP contribution is -2.39. The Balaban J connectivity index is 3.06. The molecule has 0 aliphatic carbocycles. The topological polar surface area (TPSA) is 26.3 Å². The molecule has 0 saturated carbocycles. The van der Waals surface area contributed by atoms with E-state index < -0.39 is 14.4 Å². The molecular weight excluding hydrogens is 264 g/mol. The van der Waals surface area contributed by atoms with Crippen LogP contribution in [0.1, 0.15) is 38.9 Å². The van der Waals surface area contributed by atoms with Gasteiger partial charge in [0.15, 0.2) is 14.1 Å². The van der Waals surface area contributed by atoms with Crippen LogP contribution >= 0.6 is 0 Å². The second-order valence-corrected chi connectivity index (χ2v) is 9.72. The third-order valence-corrected chi connectivity index (χ3v) is 8.57. The van der Waals surface area contributed by atoms with Gasteiger partial charge in [0, 0.05) is 0 Å². The Morgan fingerprint density at radius 2 is 1.75 bits per heavy atom. The lowest BCUT2D eigenvalue weighted by Gasteiger charge is -2.32. The maximum atomic E-state index is 12.3. The first-order valence-corrected chi connectivity index (χ1v) is 9.84. The minimum absolute atomic E-state index is 0.00840. The Morgan fingerprint density at radius 1 is 1.20 bits per heavy atom. The van der Waals surface area contributed by atoms with Crippen LogP contribution in [0.2, 0.25) is 18.1 Å². The average Bonchev–Trinajstić information content (AvgIpc) is 2.50. The lowest BCUT2D eigenvalue weighted by molar-refractivity contribution is -0.125. The van der Waals surface area contributed by atoms with Crippen molar-refractivity contribution in [1.82, 2.24) is 0 Å². The molecule has 1 atom stereocenters. The molecule has 0 aromatic heterocycles. The van der Waals surface area contributed by atoms with E-state index in [1.54, 1.807) is 0 Å². The zero-order valence-corrected chi connectivity index (χ0v) is 13.7. The maximum absolute atomic E-state index is 12.3. The van der Waals surface area contributed by atoms with Crippen LogP contribution in [-0.2, 0) is 9.22 Å². The number of hydrogen-bond acceptors (Lipinski definition) is 2. The van der Waals surface area contributed by atoms with Crippen molar-refractivity contribution in [3.05, 3.63) is 35.9 Å². The van der Waals surface area contributed by atoms with Crippen LogP contribution in [0.3, 0.4) is 0 Å². The van der Waals surface area contributed by atoms with Gasteiger partial charge >= 0.3 is 0 Å². The largest absolute Gasteiger partial charge is 0.403 e. The highest BCUT2D eigenvalue weighted by Crippen LogP contribution is 2.30. The normalized spacial score (nSPS) is 12.7. The molecule has 0 spiro atoms. The molecular formula is C17H24O2Si.